The summed E-state index contributed by atoms with van der Waals surface area (Å²) in [5.41, 5.74) is 2.42. The van der Waals surface area contributed by atoms with Crippen molar-refractivity contribution in [2.24, 2.45) is 0 Å². The number of carbonyl (C=O) groups is 1. The van der Waals surface area contributed by atoms with Crippen molar-refractivity contribution >= 4 is 21.8 Å². The van der Waals surface area contributed by atoms with E-state index < -0.39 is 0 Å². The Morgan fingerprint density at radius 1 is 1.35 bits per heavy atom. The fourth-order valence-corrected chi connectivity index (χ4v) is 3.17. The van der Waals surface area contributed by atoms with Gasteiger partial charge in [-0.05, 0) is 50.3 Å². The van der Waals surface area contributed by atoms with Crippen LogP contribution >= 0.6 is 15.9 Å². The number of aryl methyl sites for hydroxylation is 1. The van der Waals surface area contributed by atoms with Crippen molar-refractivity contribution in [1.29, 1.82) is 0 Å². The lowest BCUT2D eigenvalue weighted by Crippen LogP contribution is -2.46. The molecular formula is C16H23BrN2O. The van der Waals surface area contributed by atoms with Crippen LogP contribution in [0.4, 0.5) is 0 Å². The first-order valence-corrected chi connectivity index (χ1v) is 8.14. The summed E-state index contributed by atoms with van der Waals surface area (Å²) >= 11 is 3.58. The summed E-state index contributed by atoms with van der Waals surface area (Å²) in [5.74, 6) is 0.230. The van der Waals surface area contributed by atoms with E-state index in [0.717, 1.165) is 30.4 Å². The monoisotopic (exact) mass is 338 g/mol. The Labute approximate surface area is 129 Å². The average molecular weight is 339 g/mol. The second kappa shape index (κ2) is 7.23. The minimum Gasteiger partial charge on any atom is -0.341 e. The molecule has 1 aromatic rings. The number of halogens is 1. The summed E-state index contributed by atoms with van der Waals surface area (Å²) in [6.45, 7) is 6.57. The largest absolute Gasteiger partial charge is 0.341 e. The van der Waals surface area contributed by atoms with Crippen LogP contribution < -0.4 is 5.32 Å². The minimum atomic E-state index is -0.124. The van der Waals surface area contributed by atoms with Crippen LogP contribution in [0.1, 0.15) is 37.3 Å². The lowest BCUT2D eigenvalue weighted by Gasteiger charge is -2.29. The maximum atomic E-state index is 12.3. The number of hydrogen-bond donors (Lipinski definition) is 1. The standard InChI is InChI=1S/C16H23BrN2O/c1-12-6-7-14(15(17)10-12)11-18-13(2)16(20)19-8-4-3-5-9-19/h6-7,10,13,18H,3-5,8-9,11H2,1-2H3. The van der Waals surface area contributed by atoms with Gasteiger partial charge in [-0.25, -0.2) is 0 Å². The van der Waals surface area contributed by atoms with Crippen LogP contribution in [-0.4, -0.2) is 29.9 Å². The van der Waals surface area contributed by atoms with Crippen LogP contribution in [0.15, 0.2) is 22.7 Å². The van der Waals surface area contributed by atoms with Crippen LogP contribution in [0.25, 0.3) is 0 Å². The van der Waals surface area contributed by atoms with Crippen LogP contribution in [-0.2, 0) is 11.3 Å². The fraction of sp³-hybridized carbons (Fsp3) is 0.562. The van der Waals surface area contributed by atoms with Gasteiger partial charge in [-0.15, -0.1) is 0 Å². The predicted octanol–water partition coefficient (Wildman–Crippen LogP) is 3.25. The lowest BCUT2D eigenvalue weighted by molar-refractivity contribution is -0.133. The maximum absolute atomic E-state index is 12.3. The van der Waals surface area contributed by atoms with Crippen molar-refractivity contribution in [2.45, 2.75) is 45.7 Å². The van der Waals surface area contributed by atoms with Crippen molar-refractivity contribution in [3.8, 4) is 0 Å². The third-order valence-electron chi connectivity index (χ3n) is 3.85. The van der Waals surface area contributed by atoms with E-state index >= 15 is 0 Å². The molecule has 0 saturated carbocycles. The molecule has 0 aromatic heterocycles. The molecule has 1 fully saturated rings. The predicted molar refractivity (Wildman–Crippen MR) is 85.6 cm³/mol. The first-order chi connectivity index (χ1) is 9.58. The number of likely N-dealkylation sites (tertiary alicyclic amines) is 1. The molecule has 1 unspecified atom stereocenters. The molecule has 110 valence electrons. The summed E-state index contributed by atoms with van der Waals surface area (Å²) in [5, 5.41) is 3.34. The van der Waals surface area contributed by atoms with E-state index in [1.165, 1.54) is 17.5 Å². The SMILES string of the molecule is Cc1ccc(CNC(C)C(=O)N2CCCCC2)c(Br)c1. The average Bonchev–Trinajstić information content (AvgIpc) is 2.46. The molecule has 1 amide bonds. The molecule has 0 aliphatic carbocycles. The summed E-state index contributed by atoms with van der Waals surface area (Å²) < 4.78 is 1.10. The van der Waals surface area contributed by atoms with Gasteiger partial charge in [-0.2, -0.15) is 0 Å². The number of amides is 1. The van der Waals surface area contributed by atoms with Gasteiger partial charge in [0, 0.05) is 24.1 Å². The Kier molecular flexibility index (Phi) is 5.61. The zero-order valence-electron chi connectivity index (χ0n) is 12.3. The molecule has 1 aliphatic heterocycles. The number of carbonyl (C=O) groups excluding carboxylic acids is 1. The zero-order chi connectivity index (χ0) is 14.5. The summed E-state index contributed by atoms with van der Waals surface area (Å²) in [6.07, 6.45) is 3.53. The quantitative estimate of drug-likeness (QED) is 0.913. The molecule has 1 N–H and O–H groups in total. The highest BCUT2D eigenvalue weighted by Gasteiger charge is 2.21. The van der Waals surface area contributed by atoms with E-state index in [2.05, 4.69) is 46.4 Å². The Morgan fingerprint density at radius 2 is 2.05 bits per heavy atom. The number of nitrogens with one attached hydrogen (secondary N) is 1. The smallest absolute Gasteiger partial charge is 0.239 e. The highest BCUT2D eigenvalue weighted by Crippen LogP contribution is 2.18. The number of hydrogen-bond acceptors (Lipinski definition) is 2. The van der Waals surface area contributed by atoms with Gasteiger partial charge < -0.3 is 10.2 Å². The molecular weight excluding hydrogens is 316 g/mol. The van der Waals surface area contributed by atoms with Crippen molar-refractivity contribution in [1.82, 2.24) is 10.2 Å². The first-order valence-electron chi connectivity index (χ1n) is 7.35. The van der Waals surface area contributed by atoms with Gasteiger partial charge >= 0.3 is 0 Å². The van der Waals surface area contributed by atoms with Crippen LogP contribution in [0.3, 0.4) is 0 Å². The molecule has 0 radical (unpaired) electrons. The van der Waals surface area contributed by atoms with Crippen LogP contribution in [0.2, 0.25) is 0 Å². The van der Waals surface area contributed by atoms with Gasteiger partial charge in [-0.3, -0.25) is 4.79 Å². The Hall–Kier alpha value is -0.870. The van der Waals surface area contributed by atoms with Gasteiger partial charge in [0.15, 0.2) is 0 Å². The second-order valence-corrected chi connectivity index (χ2v) is 6.44. The van der Waals surface area contributed by atoms with E-state index in [9.17, 15) is 4.79 Å². The molecule has 1 aliphatic rings. The molecule has 1 saturated heterocycles. The first kappa shape index (κ1) is 15.5. The highest BCUT2D eigenvalue weighted by atomic mass is 79.9. The van der Waals surface area contributed by atoms with Gasteiger partial charge in [0.25, 0.3) is 0 Å². The van der Waals surface area contributed by atoms with Gasteiger partial charge in [0.05, 0.1) is 6.04 Å². The van der Waals surface area contributed by atoms with E-state index in [1.807, 2.05) is 11.8 Å². The van der Waals surface area contributed by atoms with Gasteiger partial charge in [-0.1, -0.05) is 28.1 Å². The molecule has 1 aromatic carbocycles. The lowest BCUT2D eigenvalue weighted by atomic mass is 10.1. The number of rotatable bonds is 4. The van der Waals surface area contributed by atoms with Crippen molar-refractivity contribution in [2.75, 3.05) is 13.1 Å². The van der Waals surface area contributed by atoms with Crippen molar-refractivity contribution in [3.63, 3.8) is 0 Å². The number of benzene rings is 1. The summed E-state index contributed by atoms with van der Waals surface area (Å²) in [7, 11) is 0. The Bertz CT molecular complexity index is 470. The molecule has 3 nitrogen and oxygen atoms in total. The number of piperidine rings is 1. The molecule has 2 rings (SSSR count). The normalized spacial score (nSPS) is 17.1. The van der Waals surface area contributed by atoms with E-state index in [0.29, 0.717) is 6.54 Å². The molecule has 4 heteroatoms. The molecule has 0 bridgehead atoms. The topological polar surface area (TPSA) is 32.3 Å². The minimum absolute atomic E-state index is 0.124. The van der Waals surface area contributed by atoms with E-state index in [4.69, 9.17) is 0 Å². The van der Waals surface area contributed by atoms with E-state index in [1.54, 1.807) is 0 Å². The van der Waals surface area contributed by atoms with Crippen LogP contribution in [0.5, 0.6) is 0 Å². The van der Waals surface area contributed by atoms with Crippen molar-refractivity contribution < 1.29 is 4.79 Å². The second-order valence-electron chi connectivity index (χ2n) is 5.58. The van der Waals surface area contributed by atoms with Crippen LogP contribution in [0, 0.1) is 6.92 Å². The summed E-state index contributed by atoms with van der Waals surface area (Å²) in [4.78, 5) is 14.3. The molecule has 20 heavy (non-hydrogen) atoms. The highest BCUT2D eigenvalue weighted by molar-refractivity contribution is 9.10. The molecule has 0 spiro atoms. The fourth-order valence-electron chi connectivity index (χ4n) is 2.53. The Morgan fingerprint density at radius 3 is 2.70 bits per heavy atom. The maximum Gasteiger partial charge on any atom is 0.239 e. The zero-order valence-corrected chi connectivity index (χ0v) is 13.9. The Balaban J connectivity index is 1.87. The third kappa shape index (κ3) is 4.06. The van der Waals surface area contributed by atoms with E-state index in [-0.39, 0.29) is 11.9 Å². The summed E-state index contributed by atoms with van der Waals surface area (Å²) in [6, 6.07) is 6.18. The van der Waals surface area contributed by atoms with Gasteiger partial charge in [0.1, 0.15) is 0 Å². The number of nitrogens with zero attached hydrogens (tertiary/aromatic N) is 1. The van der Waals surface area contributed by atoms with Gasteiger partial charge in [0.2, 0.25) is 5.91 Å². The molecule has 1 heterocycles. The molecule has 1 atom stereocenters. The van der Waals surface area contributed by atoms with Crippen molar-refractivity contribution in [3.05, 3.63) is 33.8 Å². The third-order valence-corrected chi connectivity index (χ3v) is 4.58.